The van der Waals surface area contributed by atoms with Crippen molar-refractivity contribution in [2.75, 3.05) is 25.5 Å². The van der Waals surface area contributed by atoms with Crippen molar-refractivity contribution >= 4 is 17.7 Å². The van der Waals surface area contributed by atoms with Crippen LogP contribution in [-0.4, -0.2) is 31.4 Å². The molecular weight excluding hydrogens is 260 g/mol. The van der Waals surface area contributed by atoms with Gasteiger partial charge in [-0.1, -0.05) is 19.1 Å². The molecule has 0 spiro atoms. The number of nitrogens with one attached hydrogen (secondary N) is 1. The van der Waals surface area contributed by atoms with Gasteiger partial charge < -0.3 is 10.1 Å². The topological polar surface area (TPSA) is 62.1 Å². The van der Waals surface area contributed by atoms with E-state index in [1.54, 1.807) is 6.07 Å². The first kappa shape index (κ1) is 13.9. The molecule has 1 fully saturated rings. The maximum Gasteiger partial charge on any atom is 0.252 e. The highest BCUT2D eigenvalue weighted by atomic mass is 32.2. The Labute approximate surface area is 117 Å². The van der Waals surface area contributed by atoms with Crippen LogP contribution in [0.5, 0.6) is 0 Å². The molecule has 1 aliphatic heterocycles. The molecular formula is C14H16N2O2S. The number of nitrogens with zero attached hydrogens (tertiary/aromatic N) is 1. The molecule has 0 atom stereocenters. The number of amides is 1. The monoisotopic (exact) mass is 276 g/mol. The van der Waals surface area contributed by atoms with Gasteiger partial charge in [0.1, 0.15) is 0 Å². The Morgan fingerprint density at radius 1 is 1.53 bits per heavy atom. The van der Waals surface area contributed by atoms with E-state index >= 15 is 0 Å². The summed E-state index contributed by atoms with van der Waals surface area (Å²) < 4.78 is 5.16. The van der Waals surface area contributed by atoms with Gasteiger partial charge in [-0.25, -0.2) is 0 Å². The van der Waals surface area contributed by atoms with Crippen LogP contribution in [-0.2, 0) is 4.74 Å². The fraction of sp³-hybridized carbons (Fsp3) is 0.429. The van der Waals surface area contributed by atoms with Gasteiger partial charge in [0, 0.05) is 16.9 Å². The molecule has 1 heterocycles. The summed E-state index contributed by atoms with van der Waals surface area (Å²) in [6.07, 6.45) is 0. The molecule has 0 aliphatic carbocycles. The second-order valence-corrected chi connectivity index (χ2v) is 5.95. The summed E-state index contributed by atoms with van der Waals surface area (Å²) in [7, 11) is 0. The number of benzene rings is 1. The third-order valence-electron chi connectivity index (χ3n) is 3.00. The molecule has 2 rings (SSSR count). The SMILES string of the molecule is CC1(CNC(=O)c2ccccc2SCC#N)COC1. The number of hydrogen-bond donors (Lipinski definition) is 1. The van der Waals surface area contributed by atoms with E-state index in [-0.39, 0.29) is 11.3 Å². The molecule has 1 N–H and O–H groups in total. The molecule has 100 valence electrons. The fourth-order valence-electron chi connectivity index (χ4n) is 1.83. The highest BCUT2D eigenvalue weighted by Crippen LogP contribution is 2.26. The van der Waals surface area contributed by atoms with Crippen molar-refractivity contribution in [3.05, 3.63) is 29.8 Å². The zero-order chi connectivity index (χ0) is 13.7. The Kier molecular flexibility index (Phi) is 4.46. The maximum absolute atomic E-state index is 12.2. The molecule has 4 nitrogen and oxygen atoms in total. The van der Waals surface area contributed by atoms with Crippen molar-refractivity contribution in [3.63, 3.8) is 0 Å². The van der Waals surface area contributed by atoms with E-state index < -0.39 is 0 Å². The van der Waals surface area contributed by atoms with Gasteiger partial charge in [-0.2, -0.15) is 5.26 Å². The fourth-order valence-corrected chi connectivity index (χ4v) is 2.54. The summed E-state index contributed by atoms with van der Waals surface area (Å²) in [6.45, 7) is 4.09. The van der Waals surface area contributed by atoms with Crippen LogP contribution in [0.25, 0.3) is 0 Å². The van der Waals surface area contributed by atoms with Gasteiger partial charge in [-0.05, 0) is 12.1 Å². The second kappa shape index (κ2) is 6.09. The first-order valence-corrected chi connectivity index (χ1v) is 7.08. The van der Waals surface area contributed by atoms with Gasteiger partial charge >= 0.3 is 0 Å². The zero-order valence-corrected chi connectivity index (χ0v) is 11.6. The number of rotatable bonds is 5. The number of carbonyl (C=O) groups is 1. The molecule has 0 aromatic heterocycles. The van der Waals surface area contributed by atoms with E-state index in [4.69, 9.17) is 10.00 Å². The molecule has 5 heteroatoms. The lowest BCUT2D eigenvalue weighted by Crippen LogP contribution is -2.48. The second-order valence-electron chi connectivity index (χ2n) is 4.93. The van der Waals surface area contributed by atoms with Crippen LogP contribution in [0.4, 0.5) is 0 Å². The van der Waals surface area contributed by atoms with Crippen molar-refractivity contribution < 1.29 is 9.53 Å². The average Bonchev–Trinajstić information content (AvgIpc) is 2.40. The van der Waals surface area contributed by atoms with E-state index in [1.807, 2.05) is 18.2 Å². The minimum absolute atomic E-state index is 0.0599. The number of nitriles is 1. The van der Waals surface area contributed by atoms with E-state index in [0.717, 1.165) is 4.90 Å². The van der Waals surface area contributed by atoms with Crippen LogP contribution in [0.3, 0.4) is 0 Å². The molecule has 19 heavy (non-hydrogen) atoms. The van der Waals surface area contributed by atoms with E-state index in [2.05, 4.69) is 18.3 Å². The van der Waals surface area contributed by atoms with Crippen molar-refractivity contribution in [2.45, 2.75) is 11.8 Å². The average molecular weight is 276 g/mol. The van der Waals surface area contributed by atoms with Crippen LogP contribution >= 0.6 is 11.8 Å². The van der Waals surface area contributed by atoms with E-state index in [0.29, 0.717) is 31.1 Å². The quantitative estimate of drug-likeness (QED) is 0.836. The lowest BCUT2D eigenvalue weighted by Gasteiger charge is -2.38. The largest absolute Gasteiger partial charge is 0.380 e. The Bertz CT molecular complexity index is 506. The summed E-state index contributed by atoms with van der Waals surface area (Å²) >= 11 is 1.38. The van der Waals surface area contributed by atoms with E-state index in [1.165, 1.54) is 11.8 Å². The summed E-state index contributed by atoms with van der Waals surface area (Å²) in [5.41, 5.74) is 0.691. The predicted molar refractivity (Wildman–Crippen MR) is 74.0 cm³/mol. The highest BCUT2D eigenvalue weighted by molar-refractivity contribution is 7.99. The molecule has 1 aromatic carbocycles. The van der Waals surface area contributed by atoms with Gasteiger partial charge in [-0.15, -0.1) is 11.8 Å². The third-order valence-corrected chi connectivity index (χ3v) is 3.94. The van der Waals surface area contributed by atoms with Gasteiger partial charge in [0.25, 0.3) is 5.91 Å². The number of ether oxygens (including phenoxy) is 1. The summed E-state index contributed by atoms with van der Waals surface area (Å²) in [6, 6.07) is 9.43. The Hall–Kier alpha value is -1.51. The van der Waals surface area contributed by atoms with Crippen LogP contribution in [0.15, 0.2) is 29.2 Å². The number of carbonyl (C=O) groups excluding carboxylic acids is 1. The minimum Gasteiger partial charge on any atom is -0.380 e. The summed E-state index contributed by atoms with van der Waals surface area (Å²) in [5.74, 6) is 0.254. The van der Waals surface area contributed by atoms with Crippen LogP contribution in [0.2, 0.25) is 0 Å². The maximum atomic E-state index is 12.2. The number of hydrogen-bond acceptors (Lipinski definition) is 4. The van der Waals surface area contributed by atoms with E-state index in [9.17, 15) is 4.79 Å². The summed E-state index contributed by atoms with van der Waals surface area (Å²) in [4.78, 5) is 13.0. The first-order valence-electron chi connectivity index (χ1n) is 6.09. The molecule has 0 saturated carbocycles. The van der Waals surface area contributed by atoms with Crippen LogP contribution in [0, 0.1) is 16.7 Å². The van der Waals surface area contributed by atoms with Crippen molar-refractivity contribution in [1.82, 2.24) is 5.32 Å². The summed E-state index contributed by atoms with van der Waals surface area (Å²) in [5, 5.41) is 11.6. The normalized spacial score (nSPS) is 16.2. The standard InChI is InChI=1S/C14H16N2O2S/c1-14(9-18-10-14)8-16-13(17)11-4-2-3-5-12(11)19-7-6-15/h2-5H,7-10H2,1H3,(H,16,17). The van der Waals surface area contributed by atoms with Gasteiger partial charge in [0.15, 0.2) is 0 Å². The van der Waals surface area contributed by atoms with Crippen molar-refractivity contribution in [3.8, 4) is 6.07 Å². The first-order chi connectivity index (χ1) is 9.14. The molecule has 1 saturated heterocycles. The Balaban J connectivity index is 2.00. The van der Waals surface area contributed by atoms with Gasteiger partial charge in [0.05, 0.1) is 30.6 Å². The molecule has 1 aromatic rings. The van der Waals surface area contributed by atoms with Crippen LogP contribution < -0.4 is 5.32 Å². The Morgan fingerprint density at radius 2 is 2.26 bits per heavy atom. The molecule has 1 amide bonds. The lowest BCUT2D eigenvalue weighted by molar-refractivity contribution is -0.0978. The van der Waals surface area contributed by atoms with Crippen molar-refractivity contribution in [2.24, 2.45) is 5.41 Å². The lowest BCUT2D eigenvalue weighted by atomic mass is 9.88. The molecule has 0 bridgehead atoms. The van der Waals surface area contributed by atoms with Gasteiger partial charge in [-0.3, -0.25) is 4.79 Å². The smallest absolute Gasteiger partial charge is 0.252 e. The predicted octanol–water partition coefficient (Wildman–Crippen LogP) is 2.07. The number of thioether (sulfide) groups is 1. The van der Waals surface area contributed by atoms with Crippen LogP contribution in [0.1, 0.15) is 17.3 Å². The molecule has 0 radical (unpaired) electrons. The Morgan fingerprint density at radius 3 is 2.89 bits per heavy atom. The zero-order valence-electron chi connectivity index (χ0n) is 10.8. The molecule has 1 aliphatic rings. The molecule has 0 unspecified atom stereocenters. The minimum atomic E-state index is -0.0887. The third kappa shape index (κ3) is 3.49. The van der Waals surface area contributed by atoms with Gasteiger partial charge in [0.2, 0.25) is 0 Å². The van der Waals surface area contributed by atoms with Crippen molar-refractivity contribution in [1.29, 1.82) is 5.26 Å². The highest BCUT2D eigenvalue weighted by Gasteiger charge is 2.33.